The van der Waals surface area contributed by atoms with Crippen LogP contribution in [0.15, 0.2) is 47.5 Å². The maximum atomic E-state index is 9.57. The van der Waals surface area contributed by atoms with E-state index in [0.29, 0.717) is 5.56 Å². The molecule has 2 aromatic carbocycles. The van der Waals surface area contributed by atoms with Crippen LogP contribution < -0.4 is 0 Å². The number of hydrogen-bond donors (Lipinski definition) is 2. The van der Waals surface area contributed by atoms with Gasteiger partial charge in [-0.05, 0) is 36.8 Å². The van der Waals surface area contributed by atoms with Crippen molar-refractivity contribution < 1.29 is 10.2 Å². The van der Waals surface area contributed by atoms with Crippen molar-refractivity contribution in [2.24, 2.45) is 4.99 Å². The second-order valence-electron chi connectivity index (χ2n) is 3.84. The Morgan fingerprint density at radius 2 is 1.88 bits per heavy atom. The Balaban J connectivity index is 2.26. The van der Waals surface area contributed by atoms with Crippen LogP contribution in [0.25, 0.3) is 0 Å². The van der Waals surface area contributed by atoms with Gasteiger partial charge in [-0.1, -0.05) is 12.1 Å². The summed E-state index contributed by atoms with van der Waals surface area (Å²) in [6, 6.07) is 12.2. The van der Waals surface area contributed by atoms with E-state index in [0.717, 1.165) is 11.3 Å². The molecule has 3 nitrogen and oxygen atoms in total. The molecule has 0 saturated carbocycles. The topological polar surface area (TPSA) is 52.8 Å². The van der Waals surface area contributed by atoms with Crippen molar-refractivity contribution in [2.45, 2.75) is 6.92 Å². The molecule has 0 bridgehead atoms. The summed E-state index contributed by atoms with van der Waals surface area (Å²) in [5, 5.41) is 18.7. The van der Waals surface area contributed by atoms with Crippen LogP contribution in [0, 0.1) is 6.92 Å². The van der Waals surface area contributed by atoms with E-state index in [1.54, 1.807) is 12.3 Å². The largest absolute Gasteiger partial charge is 0.508 e. The van der Waals surface area contributed by atoms with E-state index in [9.17, 15) is 5.11 Å². The second-order valence-corrected chi connectivity index (χ2v) is 3.84. The standard InChI is InChI=1S/C14H13NO2/c1-10-3-2-4-12(7-10)15-9-11-5-6-13(16)8-14(11)17/h2-9,16-17H,1H3. The first kappa shape index (κ1) is 11.2. The molecule has 0 heterocycles. The minimum absolute atomic E-state index is 0.0152. The van der Waals surface area contributed by atoms with Crippen LogP contribution in [-0.4, -0.2) is 16.4 Å². The number of hydrogen-bond acceptors (Lipinski definition) is 3. The van der Waals surface area contributed by atoms with Crippen LogP contribution in [0.3, 0.4) is 0 Å². The third-order valence-corrected chi connectivity index (χ3v) is 2.37. The van der Waals surface area contributed by atoms with E-state index in [4.69, 9.17) is 5.11 Å². The van der Waals surface area contributed by atoms with Crippen LogP contribution in [0.2, 0.25) is 0 Å². The number of benzene rings is 2. The predicted molar refractivity (Wildman–Crippen MR) is 68.2 cm³/mol. The molecule has 0 amide bonds. The van der Waals surface area contributed by atoms with Crippen LogP contribution >= 0.6 is 0 Å². The quantitative estimate of drug-likeness (QED) is 0.774. The number of phenolic OH excluding ortho intramolecular Hbond substituents is 2. The van der Waals surface area contributed by atoms with Gasteiger partial charge in [-0.25, -0.2) is 0 Å². The fraction of sp³-hybridized carbons (Fsp3) is 0.0714. The zero-order valence-electron chi connectivity index (χ0n) is 9.46. The maximum absolute atomic E-state index is 9.57. The molecule has 0 atom stereocenters. The number of aliphatic imine (C=N–C) groups is 1. The number of rotatable bonds is 2. The van der Waals surface area contributed by atoms with Gasteiger partial charge < -0.3 is 10.2 Å². The number of aromatic hydroxyl groups is 2. The first-order valence-electron chi connectivity index (χ1n) is 5.28. The molecular weight excluding hydrogens is 214 g/mol. The predicted octanol–water partition coefficient (Wildman–Crippen LogP) is 3.16. The highest BCUT2D eigenvalue weighted by molar-refractivity contribution is 5.85. The highest BCUT2D eigenvalue weighted by Crippen LogP contribution is 2.22. The summed E-state index contributed by atoms with van der Waals surface area (Å²) in [4.78, 5) is 4.26. The molecule has 3 heteroatoms. The third-order valence-electron chi connectivity index (χ3n) is 2.37. The van der Waals surface area contributed by atoms with Crippen molar-refractivity contribution in [1.29, 1.82) is 0 Å². The van der Waals surface area contributed by atoms with Gasteiger partial charge in [0, 0.05) is 17.8 Å². The van der Waals surface area contributed by atoms with Crippen molar-refractivity contribution in [3.8, 4) is 11.5 Å². The van der Waals surface area contributed by atoms with E-state index >= 15 is 0 Å². The van der Waals surface area contributed by atoms with E-state index in [1.165, 1.54) is 12.1 Å². The first-order valence-corrected chi connectivity index (χ1v) is 5.28. The maximum Gasteiger partial charge on any atom is 0.128 e. The molecule has 0 fully saturated rings. The van der Waals surface area contributed by atoms with Gasteiger partial charge >= 0.3 is 0 Å². The molecule has 0 spiro atoms. The van der Waals surface area contributed by atoms with Crippen LogP contribution in [0.4, 0.5) is 5.69 Å². The van der Waals surface area contributed by atoms with E-state index in [-0.39, 0.29) is 11.5 Å². The minimum Gasteiger partial charge on any atom is -0.508 e. The van der Waals surface area contributed by atoms with Gasteiger partial charge in [-0.3, -0.25) is 4.99 Å². The zero-order valence-corrected chi connectivity index (χ0v) is 9.46. The normalized spacial score (nSPS) is 10.9. The molecule has 0 aliphatic carbocycles. The van der Waals surface area contributed by atoms with Crippen molar-refractivity contribution >= 4 is 11.9 Å². The van der Waals surface area contributed by atoms with Crippen molar-refractivity contribution in [3.63, 3.8) is 0 Å². The van der Waals surface area contributed by atoms with Crippen LogP contribution in [-0.2, 0) is 0 Å². The Kier molecular flexibility index (Phi) is 3.10. The Bertz CT molecular complexity index is 562. The molecule has 0 aliphatic rings. The van der Waals surface area contributed by atoms with Gasteiger partial charge in [0.05, 0.1) is 5.69 Å². The lowest BCUT2D eigenvalue weighted by molar-refractivity contribution is 0.450. The Labute approximate surface area is 99.7 Å². The Morgan fingerprint density at radius 3 is 2.59 bits per heavy atom. The third kappa shape index (κ3) is 2.84. The molecule has 0 aliphatic heterocycles. The second kappa shape index (κ2) is 4.70. The van der Waals surface area contributed by atoms with Crippen LogP contribution in [0.5, 0.6) is 11.5 Å². The summed E-state index contributed by atoms with van der Waals surface area (Å²) in [7, 11) is 0. The molecule has 0 unspecified atom stereocenters. The summed E-state index contributed by atoms with van der Waals surface area (Å²) in [6.45, 7) is 2.00. The summed E-state index contributed by atoms with van der Waals surface area (Å²) in [5.74, 6) is 0.0524. The molecule has 86 valence electrons. The summed E-state index contributed by atoms with van der Waals surface area (Å²) in [5.41, 5.74) is 2.54. The van der Waals surface area contributed by atoms with E-state index in [2.05, 4.69) is 4.99 Å². The summed E-state index contributed by atoms with van der Waals surface area (Å²) >= 11 is 0. The number of nitrogens with zero attached hydrogens (tertiary/aromatic N) is 1. The minimum atomic E-state index is 0.0152. The van der Waals surface area contributed by atoms with E-state index < -0.39 is 0 Å². The first-order chi connectivity index (χ1) is 8.15. The lowest BCUT2D eigenvalue weighted by Crippen LogP contribution is -1.81. The number of phenols is 2. The van der Waals surface area contributed by atoms with Gasteiger partial charge in [0.1, 0.15) is 11.5 Å². The molecule has 0 radical (unpaired) electrons. The summed E-state index contributed by atoms with van der Waals surface area (Å²) in [6.07, 6.45) is 1.57. The molecular formula is C14H13NO2. The lowest BCUT2D eigenvalue weighted by Gasteiger charge is -1.99. The van der Waals surface area contributed by atoms with Gasteiger partial charge in [0.15, 0.2) is 0 Å². The fourth-order valence-electron chi connectivity index (χ4n) is 1.49. The highest BCUT2D eigenvalue weighted by Gasteiger charge is 1.99. The smallest absolute Gasteiger partial charge is 0.128 e. The SMILES string of the molecule is Cc1cccc(N=Cc2ccc(O)cc2O)c1. The Morgan fingerprint density at radius 1 is 1.06 bits per heavy atom. The monoisotopic (exact) mass is 227 g/mol. The average molecular weight is 227 g/mol. The molecule has 0 aromatic heterocycles. The van der Waals surface area contributed by atoms with Gasteiger partial charge in [-0.15, -0.1) is 0 Å². The number of aryl methyl sites for hydroxylation is 1. The molecule has 0 saturated heterocycles. The molecule has 2 rings (SSSR count). The average Bonchev–Trinajstić information content (AvgIpc) is 2.28. The fourth-order valence-corrected chi connectivity index (χ4v) is 1.49. The molecule has 2 aromatic rings. The van der Waals surface area contributed by atoms with Crippen molar-refractivity contribution in [2.75, 3.05) is 0 Å². The molecule has 17 heavy (non-hydrogen) atoms. The Hall–Kier alpha value is -2.29. The summed E-state index contributed by atoms with van der Waals surface area (Å²) < 4.78 is 0. The van der Waals surface area contributed by atoms with Crippen molar-refractivity contribution in [3.05, 3.63) is 53.6 Å². The lowest BCUT2D eigenvalue weighted by atomic mass is 10.2. The highest BCUT2D eigenvalue weighted by atomic mass is 16.3. The van der Waals surface area contributed by atoms with Crippen molar-refractivity contribution in [1.82, 2.24) is 0 Å². The van der Waals surface area contributed by atoms with E-state index in [1.807, 2.05) is 31.2 Å². The van der Waals surface area contributed by atoms with Gasteiger partial charge in [-0.2, -0.15) is 0 Å². The van der Waals surface area contributed by atoms with Gasteiger partial charge in [0.25, 0.3) is 0 Å². The molecule has 2 N–H and O–H groups in total. The van der Waals surface area contributed by atoms with Crippen LogP contribution in [0.1, 0.15) is 11.1 Å². The van der Waals surface area contributed by atoms with Gasteiger partial charge in [0.2, 0.25) is 0 Å². The zero-order chi connectivity index (χ0) is 12.3.